The van der Waals surface area contributed by atoms with Crippen molar-refractivity contribution in [2.24, 2.45) is 5.41 Å². The van der Waals surface area contributed by atoms with E-state index in [0.717, 1.165) is 59.9 Å². The van der Waals surface area contributed by atoms with Crippen LogP contribution in [0.1, 0.15) is 30.4 Å². The highest BCUT2D eigenvalue weighted by Crippen LogP contribution is 2.48. The summed E-state index contributed by atoms with van der Waals surface area (Å²) < 4.78 is 20.5. The lowest BCUT2D eigenvalue weighted by Gasteiger charge is -2.24. The Morgan fingerprint density at radius 2 is 2.06 bits per heavy atom. The second-order valence-corrected chi connectivity index (χ2v) is 9.42. The molecule has 0 bridgehead atoms. The lowest BCUT2D eigenvalue weighted by atomic mass is 9.86. The zero-order chi connectivity index (χ0) is 22.7. The van der Waals surface area contributed by atoms with Gasteiger partial charge in [-0.05, 0) is 43.1 Å². The van der Waals surface area contributed by atoms with Crippen LogP contribution < -0.4 is 20.3 Å². The van der Waals surface area contributed by atoms with Crippen LogP contribution in [0.5, 0.6) is 11.8 Å². The van der Waals surface area contributed by atoms with Crippen LogP contribution in [0.25, 0.3) is 11.1 Å². The van der Waals surface area contributed by atoms with E-state index in [9.17, 15) is 4.39 Å². The number of aryl methyl sites for hydroxylation is 1. The Kier molecular flexibility index (Phi) is 4.52. The Morgan fingerprint density at radius 1 is 1.24 bits per heavy atom. The average molecular weight is 448 g/mol. The molecule has 3 aliphatic rings. The number of rotatable bonds is 4. The van der Waals surface area contributed by atoms with Crippen molar-refractivity contribution < 1.29 is 9.13 Å². The van der Waals surface area contributed by atoms with Gasteiger partial charge in [0.25, 0.3) is 0 Å². The average Bonchev–Trinajstić information content (AvgIpc) is 3.43. The molecular formula is C24H26FN7O. The van der Waals surface area contributed by atoms with Gasteiger partial charge in [-0.15, -0.1) is 0 Å². The molecule has 0 saturated carbocycles. The standard InChI is InChI=1S/C24H26FN7O/c1-13-28-9-15(10-29-13)33-23-30-19-8-16-17(6-14(25)7-18(16)26-3)21(19)22(31-23)32-11-20-24(2,12-32)4-5-27-20/h6-7,9-10,20,26-27H,4-5,8,11-12H2,1-3H3. The first kappa shape index (κ1) is 20.3. The van der Waals surface area contributed by atoms with E-state index in [-0.39, 0.29) is 17.2 Å². The van der Waals surface area contributed by atoms with E-state index in [2.05, 4.69) is 32.4 Å². The Morgan fingerprint density at radius 3 is 2.82 bits per heavy atom. The number of halogens is 1. The molecule has 0 spiro atoms. The van der Waals surface area contributed by atoms with E-state index < -0.39 is 0 Å². The normalized spacial score (nSPS) is 22.8. The van der Waals surface area contributed by atoms with E-state index >= 15 is 0 Å². The van der Waals surface area contributed by atoms with Gasteiger partial charge in [-0.3, -0.25) is 0 Å². The second kappa shape index (κ2) is 7.34. The quantitative estimate of drug-likeness (QED) is 0.493. The highest BCUT2D eigenvalue weighted by atomic mass is 19.1. The van der Waals surface area contributed by atoms with Gasteiger partial charge >= 0.3 is 6.01 Å². The van der Waals surface area contributed by atoms with Crippen molar-refractivity contribution >= 4 is 11.5 Å². The molecule has 2 saturated heterocycles. The van der Waals surface area contributed by atoms with Crippen LogP contribution in [0.2, 0.25) is 0 Å². The summed E-state index contributed by atoms with van der Waals surface area (Å²) in [6, 6.07) is 3.79. The van der Waals surface area contributed by atoms with Crippen LogP contribution >= 0.6 is 0 Å². The molecule has 2 unspecified atom stereocenters. The molecule has 9 heteroatoms. The molecule has 1 aliphatic carbocycles. The minimum Gasteiger partial charge on any atom is -0.421 e. The molecule has 8 nitrogen and oxygen atoms in total. The lowest BCUT2D eigenvalue weighted by Crippen LogP contribution is -2.33. The van der Waals surface area contributed by atoms with Crippen LogP contribution in [0.3, 0.4) is 0 Å². The fourth-order valence-corrected chi connectivity index (χ4v) is 5.44. The van der Waals surface area contributed by atoms with Crippen molar-refractivity contribution in [1.82, 2.24) is 25.3 Å². The van der Waals surface area contributed by atoms with Crippen LogP contribution in [0.4, 0.5) is 15.9 Å². The molecule has 6 rings (SSSR count). The van der Waals surface area contributed by atoms with E-state index in [0.29, 0.717) is 24.0 Å². The van der Waals surface area contributed by atoms with Crippen molar-refractivity contribution in [3.8, 4) is 22.9 Å². The highest BCUT2D eigenvalue weighted by Gasteiger charge is 2.47. The summed E-state index contributed by atoms with van der Waals surface area (Å²) in [4.78, 5) is 20.3. The second-order valence-electron chi connectivity index (χ2n) is 9.42. The number of hydrogen-bond acceptors (Lipinski definition) is 8. The third-order valence-electron chi connectivity index (χ3n) is 7.19. The van der Waals surface area contributed by atoms with Gasteiger partial charge in [-0.25, -0.2) is 14.4 Å². The summed E-state index contributed by atoms with van der Waals surface area (Å²) in [7, 11) is 1.81. The molecule has 2 aliphatic heterocycles. The first-order chi connectivity index (χ1) is 15.9. The summed E-state index contributed by atoms with van der Waals surface area (Å²) in [6.45, 7) is 6.91. The predicted molar refractivity (Wildman–Crippen MR) is 123 cm³/mol. The van der Waals surface area contributed by atoms with Gasteiger partial charge in [-0.2, -0.15) is 9.97 Å². The molecule has 0 radical (unpaired) electrons. The Balaban J connectivity index is 1.47. The molecule has 1 aromatic carbocycles. The van der Waals surface area contributed by atoms with Crippen LogP contribution in [-0.4, -0.2) is 52.7 Å². The van der Waals surface area contributed by atoms with Gasteiger partial charge in [0.05, 0.1) is 18.1 Å². The van der Waals surface area contributed by atoms with Crippen LogP contribution in [0.15, 0.2) is 24.5 Å². The van der Waals surface area contributed by atoms with E-state index in [4.69, 9.17) is 14.7 Å². The number of ether oxygens (including phenoxy) is 1. The molecule has 2 aromatic heterocycles. The SMILES string of the molecule is CNc1cc(F)cc2c1Cc1nc(Oc3cnc(C)nc3)nc(N3CC4NCCC4(C)C3)c1-2. The lowest BCUT2D eigenvalue weighted by molar-refractivity contribution is 0.356. The van der Waals surface area contributed by atoms with Crippen LogP contribution in [-0.2, 0) is 6.42 Å². The minimum absolute atomic E-state index is 0.184. The molecule has 33 heavy (non-hydrogen) atoms. The first-order valence-electron chi connectivity index (χ1n) is 11.3. The van der Waals surface area contributed by atoms with Crippen molar-refractivity contribution in [3.05, 3.63) is 47.4 Å². The smallest absolute Gasteiger partial charge is 0.324 e. The molecule has 3 aromatic rings. The maximum atomic E-state index is 14.5. The maximum Gasteiger partial charge on any atom is 0.324 e. The summed E-state index contributed by atoms with van der Waals surface area (Å²) >= 11 is 0. The van der Waals surface area contributed by atoms with Gasteiger partial charge < -0.3 is 20.3 Å². The number of aromatic nitrogens is 4. The molecule has 170 valence electrons. The molecule has 4 heterocycles. The van der Waals surface area contributed by atoms with E-state index in [1.807, 2.05) is 14.0 Å². The van der Waals surface area contributed by atoms with Crippen molar-refractivity contribution in [3.63, 3.8) is 0 Å². The topological polar surface area (TPSA) is 88.1 Å². The fraction of sp³-hybridized carbons (Fsp3) is 0.417. The van der Waals surface area contributed by atoms with Gasteiger partial charge in [0, 0.05) is 49.3 Å². The summed E-state index contributed by atoms with van der Waals surface area (Å²) in [5, 5.41) is 6.76. The largest absolute Gasteiger partial charge is 0.421 e. The summed E-state index contributed by atoms with van der Waals surface area (Å²) in [6.07, 6.45) is 4.95. The number of anilines is 2. The van der Waals surface area contributed by atoms with Crippen LogP contribution in [0, 0.1) is 18.2 Å². The fourth-order valence-electron chi connectivity index (χ4n) is 5.44. The third-order valence-corrected chi connectivity index (χ3v) is 7.19. The minimum atomic E-state index is -0.277. The Bertz CT molecular complexity index is 1250. The van der Waals surface area contributed by atoms with E-state index in [1.165, 1.54) is 6.07 Å². The summed E-state index contributed by atoms with van der Waals surface area (Å²) in [5.41, 5.74) is 4.58. The van der Waals surface area contributed by atoms with Gasteiger partial charge in [-0.1, -0.05) is 6.92 Å². The highest BCUT2D eigenvalue weighted by molar-refractivity contribution is 5.88. The van der Waals surface area contributed by atoms with Gasteiger partial charge in [0.1, 0.15) is 17.5 Å². The first-order valence-corrected chi connectivity index (χ1v) is 11.3. The zero-order valence-corrected chi connectivity index (χ0v) is 18.9. The zero-order valence-electron chi connectivity index (χ0n) is 18.9. The number of fused-ring (bicyclic) bond motifs is 4. The Hall–Kier alpha value is -3.33. The molecule has 2 fully saturated rings. The molecule has 2 atom stereocenters. The van der Waals surface area contributed by atoms with E-state index in [1.54, 1.807) is 18.5 Å². The molecular weight excluding hydrogens is 421 g/mol. The number of hydrogen-bond donors (Lipinski definition) is 2. The molecule has 0 amide bonds. The number of benzene rings is 1. The maximum absolute atomic E-state index is 14.5. The van der Waals surface area contributed by atoms with Crippen molar-refractivity contribution in [2.75, 3.05) is 36.9 Å². The molecule has 2 N–H and O–H groups in total. The van der Waals surface area contributed by atoms with Crippen molar-refractivity contribution in [2.45, 2.75) is 32.7 Å². The third kappa shape index (κ3) is 3.30. The summed E-state index contributed by atoms with van der Waals surface area (Å²) in [5.74, 6) is 1.67. The predicted octanol–water partition coefficient (Wildman–Crippen LogP) is 3.31. The number of nitrogens with one attached hydrogen (secondary N) is 2. The Labute approximate surface area is 191 Å². The number of nitrogens with zero attached hydrogens (tertiary/aromatic N) is 5. The monoisotopic (exact) mass is 447 g/mol. The van der Waals surface area contributed by atoms with Gasteiger partial charge in [0.2, 0.25) is 0 Å². The van der Waals surface area contributed by atoms with Crippen molar-refractivity contribution in [1.29, 1.82) is 0 Å². The van der Waals surface area contributed by atoms with Gasteiger partial charge in [0.15, 0.2) is 5.75 Å².